The first-order valence-corrected chi connectivity index (χ1v) is 11.3. The summed E-state index contributed by atoms with van der Waals surface area (Å²) in [4.78, 5) is 14.8. The number of aromatic nitrogens is 3. The maximum atomic E-state index is 12.4. The van der Waals surface area contributed by atoms with Crippen molar-refractivity contribution in [3.63, 3.8) is 0 Å². The highest BCUT2D eigenvalue weighted by Crippen LogP contribution is 2.26. The Balaban J connectivity index is 1.35. The van der Waals surface area contributed by atoms with Crippen LogP contribution in [0.3, 0.4) is 0 Å². The van der Waals surface area contributed by atoms with Gasteiger partial charge in [0, 0.05) is 30.7 Å². The number of pyridine rings is 1. The molecule has 0 atom stereocenters. The molecule has 1 saturated heterocycles. The van der Waals surface area contributed by atoms with Gasteiger partial charge < -0.3 is 10.2 Å². The highest BCUT2D eigenvalue weighted by molar-refractivity contribution is 7.99. The van der Waals surface area contributed by atoms with Crippen LogP contribution < -0.4 is 10.2 Å². The number of benzene rings is 1. The van der Waals surface area contributed by atoms with Gasteiger partial charge in [0.25, 0.3) is 0 Å². The molecule has 0 radical (unpaired) electrons. The lowest BCUT2D eigenvalue weighted by molar-refractivity contribution is -0.113. The van der Waals surface area contributed by atoms with Crippen LogP contribution in [-0.2, 0) is 4.79 Å². The summed E-state index contributed by atoms with van der Waals surface area (Å²) in [5.41, 5.74) is 2.51. The van der Waals surface area contributed by atoms with Crippen molar-refractivity contribution in [2.75, 3.05) is 29.1 Å². The molecule has 0 aliphatic carbocycles. The maximum Gasteiger partial charge on any atom is 0.234 e. The molecule has 29 heavy (non-hydrogen) atoms. The fourth-order valence-corrected chi connectivity index (χ4v) is 4.63. The predicted molar refractivity (Wildman–Crippen MR) is 119 cm³/mol. The number of anilines is 2. The molecular formula is C20H21Cl2N5OS. The van der Waals surface area contributed by atoms with Crippen LogP contribution in [0.25, 0.3) is 5.65 Å². The van der Waals surface area contributed by atoms with Gasteiger partial charge in [0.1, 0.15) is 0 Å². The van der Waals surface area contributed by atoms with Crippen LogP contribution in [0.15, 0.2) is 41.7 Å². The van der Waals surface area contributed by atoms with E-state index in [2.05, 4.69) is 32.5 Å². The number of halogens is 2. The summed E-state index contributed by atoms with van der Waals surface area (Å²) in [6.45, 7) is 2.20. The van der Waals surface area contributed by atoms with Gasteiger partial charge in [0.2, 0.25) is 5.91 Å². The van der Waals surface area contributed by atoms with E-state index in [-0.39, 0.29) is 11.7 Å². The van der Waals surface area contributed by atoms with E-state index in [1.54, 1.807) is 16.7 Å². The molecule has 2 aromatic heterocycles. The van der Waals surface area contributed by atoms with E-state index >= 15 is 0 Å². The summed E-state index contributed by atoms with van der Waals surface area (Å²) >= 11 is 13.5. The van der Waals surface area contributed by atoms with E-state index in [0.717, 1.165) is 18.8 Å². The van der Waals surface area contributed by atoms with Crippen LogP contribution >= 0.6 is 35.0 Å². The predicted octanol–water partition coefficient (Wildman–Crippen LogP) is 5.15. The lowest BCUT2D eigenvalue weighted by Crippen LogP contribution is -2.23. The monoisotopic (exact) mass is 449 g/mol. The van der Waals surface area contributed by atoms with Crippen LogP contribution in [-0.4, -0.2) is 39.3 Å². The van der Waals surface area contributed by atoms with Crippen molar-refractivity contribution >= 4 is 57.9 Å². The molecule has 0 unspecified atom stereocenters. The molecule has 1 fully saturated rings. The van der Waals surface area contributed by atoms with Crippen LogP contribution in [0, 0.1) is 0 Å². The molecule has 152 valence electrons. The smallest absolute Gasteiger partial charge is 0.234 e. The standard InChI is InChI=1S/C20H21Cl2N5OS/c21-14-11-17(22)19-24-25-20(27(19)12-14)29-13-18(28)23-15-5-7-16(8-6-15)26-9-3-1-2-4-10-26/h5-8,11-12H,1-4,9-10,13H2,(H,23,28). The molecule has 4 rings (SSSR count). The Bertz CT molecular complexity index is 1000. The fourth-order valence-electron chi connectivity index (χ4n) is 3.41. The first kappa shape index (κ1) is 20.3. The molecular weight excluding hydrogens is 429 g/mol. The average Bonchev–Trinajstić information content (AvgIpc) is 2.92. The topological polar surface area (TPSA) is 62.5 Å². The summed E-state index contributed by atoms with van der Waals surface area (Å²) in [7, 11) is 0. The molecule has 1 amide bonds. The molecule has 9 heteroatoms. The summed E-state index contributed by atoms with van der Waals surface area (Å²) < 4.78 is 1.69. The summed E-state index contributed by atoms with van der Waals surface area (Å²) in [5.74, 6) is 0.0983. The number of amides is 1. The molecule has 0 bridgehead atoms. The Labute approximate surface area is 183 Å². The van der Waals surface area contributed by atoms with Gasteiger partial charge in [-0.2, -0.15) is 0 Å². The Hall–Kier alpha value is -1.96. The first-order valence-electron chi connectivity index (χ1n) is 9.57. The number of hydrogen-bond acceptors (Lipinski definition) is 5. The zero-order chi connectivity index (χ0) is 20.2. The van der Waals surface area contributed by atoms with Gasteiger partial charge in [-0.25, -0.2) is 0 Å². The SMILES string of the molecule is O=C(CSc1nnc2c(Cl)cc(Cl)cn12)Nc1ccc(N2CCCCCC2)cc1. The maximum absolute atomic E-state index is 12.4. The third-order valence-corrected chi connectivity index (χ3v) is 6.28. The van der Waals surface area contributed by atoms with E-state index in [1.807, 2.05) is 12.1 Å². The molecule has 0 spiro atoms. The molecule has 6 nitrogen and oxygen atoms in total. The third-order valence-electron chi connectivity index (χ3n) is 4.85. The van der Waals surface area contributed by atoms with Gasteiger partial charge in [-0.05, 0) is 43.2 Å². The number of hydrogen-bond donors (Lipinski definition) is 1. The van der Waals surface area contributed by atoms with Gasteiger partial charge >= 0.3 is 0 Å². The van der Waals surface area contributed by atoms with Crippen molar-refractivity contribution in [2.45, 2.75) is 30.8 Å². The number of carbonyl (C=O) groups is 1. The van der Waals surface area contributed by atoms with Gasteiger partial charge in [-0.3, -0.25) is 9.20 Å². The van der Waals surface area contributed by atoms with E-state index in [4.69, 9.17) is 23.2 Å². The highest BCUT2D eigenvalue weighted by atomic mass is 35.5. The highest BCUT2D eigenvalue weighted by Gasteiger charge is 2.13. The molecule has 3 aromatic rings. The Kier molecular flexibility index (Phi) is 6.47. The minimum Gasteiger partial charge on any atom is -0.372 e. The summed E-state index contributed by atoms with van der Waals surface area (Å²) in [6.07, 6.45) is 6.78. The molecule has 1 aromatic carbocycles. The third kappa shape index (κ3) is 4.97. The van der Waals surface area contributed by atoms with Crippen LogP contribution in [0.5, 0.6) is 0 Å². The number of nitrogens with zero attached hydrogens (tertiary/aromatic N) is 4. The summed E-state index contributed by atoms with van der Waals surface area (Å²) in [5, 5.41) is 12.5. The first-order chi connectivity index (χ1) is 14.1. The van der Waals surface area contributed by atoms with Crippen molar-refractivity contribution in [1.29, 1.82) is 0 Å². The Morgan fingerprint density at radius 2 is 1.79 bits per heavy atom. The van der Waals surface area contributed by atoms with Crippen LogP contribution in [0.2, 0.25) is 10.0 Å². The van der Waals surface area contributed by atoms with Crippen molar-refractivity contribution < 1.29 is 4.79 Å². The second-order valence-electron chi connectivity index (χ2n) is 6.97. The van der Waals surface area contributed by atoms with Gasteiger partial charge in [0.15, 0.2) is 10.8 Å². The average molecular weight is 450 g/mol. The summed E-state index contributed by atoms with van der Waals surface area (Å²) in [6, 6.07) is 9.67. The normalized spacial score (nSPS) is 14.8. The zero-order valence-electron chi connectivity index (χ0n) is 15.8. The zero-order valence-corrected chi connectivity index (χ0v) is 18.1. The second kappa shape index (κ2) is 9.24. The second-order valence-corrected chi connectivity index (χ2v) is 8.75. The Morgan fingerprint density at radius 1 is 1.07 bits per heavy atom. The number of rotatable bonds is 5. The molecule has 1 aliphatic rings. The van der Waals surface area contributed by atoms with E-state index < -0.39 is 0 Å². The minimum absolute atomic E-state index is 0.109. The van der Waals surface area contributed by atoms with Gasteiger partial charge in [-0.1, -0.05) is 47.8 Å². The molecule has 3 heterocycles. The van der Waals surface area contributed by atoms with Gasteiger partial charge in [-0.15, -0.1) is 10.2 Å². The number of thioether (sulfide) groups is 1. The van der Waals surface area contributed by atoms with Crippen molar-refractivity contribution in [1.82, 2.24) is 14.6 Å². The van der Waals surface area contributed by atoms with Crippen LogP contribution in [0.1, 0.15) is 25.7 Å². The lowest BCUT2D eigenvalue weighted by Gasteiger charge is -2.22. The minimum atomic E-state index is -0.109. The van der Waals surface area contributed by atoms with Crippen LogP contribution in [0.4, 0.5) is 11.4 Å². The van der Waals surface area contributed by atoms with Gasteiger partial charge in [0.05, 0.1) is 15.8 Å². The Morgan fingerprint density at radius 3 is 2.52 bits per heavy atom. The fraction of sp³-hybridized carbons (Fsp3) is 0.350. The van der Waals surface area contributed by atoms with Crippen molar-refractivity contribution in [3.8, 4) is 0 Å². The number of carbonyl (C=O) groups excluding carboxylic acids is 1. The van der Waals surface area contributed by atoms with E-state index in [0.29, 0.717) is 20.8 Å². The lowest BCUT2D eigenvalue weighted by atomic mass is 10.2. The van der Waals surface area contributed by atoms with E-state index in [9.17, 15) is 4.79 Å². The van der Waals surface area contributed by atoms with E-state index in [1.165, 1.54) is 43.1 Å². The molecule has 1 N–H and O–H groups in total. The van der Waals surface area contributed by atoms with Crippen molar-refractivity contribution in [2.24, 2.45) is 0 Å². The quantitative estimate of drug-likeness (QED) is 0.545. The number of nitrogens with one attached hydrogen (secondary N) is 1. The molecule has 1 aliphatic heterocycles. The molecule has 0 saturated carbocycles. The largest absolute Gasteiger partial charge is 0.372 e. The number of fused-ring (bicyclic) bond motifs is 1. The van der Waals surface area contributed by atoms with Crippen molar-refractivity contribution in [3.05, 3.63) is 46.6 Å².